The molecule has 6 heteroatoms. The van der Waals surface area contributed by atoms with E-state index in [0.29, 0.717) is 23.9 Å². The van der Waals surface area contributed by atoms with E-state index in [2.05, 4.69) is 46.1 Å². The SMILES string of the molecule is CCN(CC)CC[n+]1c(N)n(CCOc2ccccc2Cl)c2ccccc21. The molecular weight excluding hydrogens is 360 g/mol. The minimum Gasteiger partial charge on any atom is -0.489 e. The Morgan fingerprint density at radius 1 is 1.07 bits per heavy atom. The van der Waals surface area contributed by atoms with Crippen molar-refractivity contribution in [3.8, 4) is 5.75 Å². The molecule has 2 aromatic carbocycles. The zero-order valence-corrected chi connectivity index (χ0v) is 16.8. The van der Waals surface area contributed by atoms with Crippen molar-refractivity contribution in [1.82, 2.24) is 9.47 Å². The molecule has 0 aliphatic carbocycles. The predicted molar refractivity (Wildman–Crippen MR) is 111 cm³/mol. The number of para-hydroxylation sites is 3. The number of nitrogen functional groups attached to an aromatic ring is 1. The molecule has 0 aliphatic rings. The standard InChI is InChI=1S/C21H27ClN4O/c1-3-24(4-2)13-14-25-18-10-6-7-11-19(18)26(21(25)23)15-16-27-20-12-8-5-9-17(20)22/h5-12,23H,3-4,13-16H2,1-2H3/p+1. The Morgan fingerprint density at radius 2 is 1.78 bits per heavy atom. The highest BCUT2D eigenvalue weighted by Gasteiger charge is 2.21. The summed E-state index contributed by atoms with van der Waals surface area (Å²) in [5, 5.41) is 0.622. The zero-order valence-electron chi connectivity index (χ0n) is 16.1. The number of nitrogens with two attached hydrogens (primary N) is 1. The number of nitrogens with zero attached hydrogens (tertiary/aromatic N) is 3. The quantitative estimate of drug-likeness (QED) is 0.571. The molecule has 0 spiro atoms. The Morgan fingerprint density at radius 3 is 2.52 bits per heavy atom. The Kier molecular flexibility index (Phi) is 6.58. The number of fused-ring (bicyclic) bond motifs is 1. The number of ether oxygens (including phenoxy) is 1. The highest BCUT2D eigenvalue weighted by atomic mass is 35.5. The zero-order chi connectivity index (χ0) is 19.2. The van der Waals surface area contributed by atoms with Gasteiger partial charge in [0.2, 0.25) is 0 Å². The average Bonchev–Trinajstić information content (AvgIpc) is 2.96. The van der Waals surface area contributed by atoms with Crippen LogP contribution in [0.5, 0.6) is 5.75 Å². The van der Waals surface area contributed by atoms with E-state index in [-0.39, 0.29) is 0 Å². The van der Waals surface area contributed by atoms with Crippen LogP contribution in [0.2, 0.25) is 5.02 Å². The fourth-order valence-corrected chi connectivity index (χ4v) is 3.56. The van der Waals surface area contributed by atoms with E-state index in [1.54, 1.807) is 0 Å². The van der Waals surface area contributed by atoms with Gasteiger partial charge in [-0.1, -0.05) is 49.7 Å². The number of halogens is 1. The van der Waals surface area contributed by atoms with Crippen molar-refractivity contribution in [3.05, 3.63) is 53.6 Å². The Hall–Kier alpha value is -2.24. The van der Waals surface area contributed by atoms with Gasteiger partial charge in [-0.15, -0.1) is 0 Å². The van der Waals surface area contributed by atoms with Crippen LogP contribution in [0, 0.1) is 0 Å². The van der Waals surface area contributed by atoms with Crippen LogP contribution in [0.15, 0.2) is 48.5 Å². The van der Waals surface area contributed by atoms with Gasteiger partial charge in [0.25, 0.3) is 0 Å². The number of hydrogen-bond donors (Lipinski definition) is 1. The largest absolute Gasteiger partial charge is 0.489 e. The summed E-state index contributed by atoms with van der Waals surface area (Å²) in [4.78, 5) is 2.40. The van der Waals surface area contributed by atoms with Crippen molar-refractivity contribution in [1.29, 1.82) is 0 Å². The molecule has 0 saturated carbocycles. The minimum absolute atomic E-state index is 0.503. The van der Waals surface area contributed by atoms with E-state index < -0.39 is 0 Å². The first-order valence-electron chi connectivity index (χ1n) is 9.51. The molecule has 0 bridgehead atoms. The van der Waals surface area contributed by atoms with Crippen molar-refractivity contribution in [2.45, 2.75) is 26.9 Å². The van der Waals surface area contributed by atoms with E-state index in [0.717, 1.165) is 43.2 Å². The number of anilines is 1. The number of imidazole rings is 1. The highest BCUT2D eigenvalue weighted by Crippen LogP contribution is 2.23. The maximum atomic E-state index is 6.52. The molecule has 0 unspecified atom stereocenters. The van der Waals surface area contributed by atoms with Crippen LogP contribution in [0.25, 0.3) is 11.0 Å². The molecule has 0 fully saturated rings. The smallest absolute Gasteiger partial charge is 0.356 e. The summed E-state index contributed by atoms with van der Waals surface area (Å²) in [6, 6.07) is 15.9. The molecule has 27 heavy (non-hydrogen) atoms. The van der Waals surface area contributed by atoms with Crippen LogP contribution in [0.4, 0.5) is 5.95 Å². The monoisotopic (exact) mass is 387 g/mol. The third-order valence-electron chi connectivity index (χ3n) is 4.96. The van der Waals surface area contributed by atoms with E-state index in [1.165, 1.54) is 0 Å². The van der Waals surface area contributed by atoms with Crippen LogP contribution in [0.1, 0.15) is 13.8 Å². The van der Waals surface area contributed by atoms with E-state index in [4.69, 9.17) is 22.1 Å². The first-order valence-corrected chi connectivity index (χ1v) is 9.89. The van der Waals surface area contributed by atoms with Crippen molar-refractivity contribution in [2.75, 3.05) is 32.0 Å². The molecule has 0 saturated heterocycles. The lowest BCUT2D eigenvalue weighted by Gasteiger charge is -2.17. The van der Waals surface area contributed by atoms with Gasteiger partial charge in [0.15, 0.2) is 0 Å². The first-order chi connectivity index (χ1) is 13.2. The summed E-state index contributed by atoms with van der Waals surface area (Å²) in [5.74, 6) is 1.45. The van der Waals surface area contributed by atoms with Gasteiger partial charge < -0.3 is 9.64 Å². The normalized spacial score (nSPS) is 11.4. The molecule has 0 amide bonds. The summed E-state index contributed by atoms with van der Waals surface area (Å²) in [5.41, 5.74) is 8.80. The molecule has 1 aromatic heterocycles. The third kappa shape index (κ3) is 4.37. The third-order valence-corrected chi connectivity index (χ3v) is 5.27. The maximum Gasteiger partial charge on any atom is 0.356 e. The summed E-state index contributed by atoms with van der Waals surface area (Å²) in [7, 11) is 0. The minimum atomic E-state index is 0.503. The lowest BCUT2D eigenvalue weighted by Crippen LogP contribution is -2.42. The molecule has 0 aliphatic heterocycles. The number of likely N-dealkylation sites (N-methyl/N-ethyl adjacent to an activating group) is 1. The first kappa shape index (κ1) is 19.5. The second kappa shape index (κ2) is 9.11. The number of rotatable bonds is 9. The molecule has 3 rings (SSSR count). The van der Waals surface area contributed by atoms with Crippen LogP contribution >= 0.6 is 11.6 Å². The predicted octanol–water partition coefficient (Wildman–Crippen LogP) is 3.59. The fraction of sp³-hybridized carbons (Fsp3) is 0.381. The van der Waals surface area contributed by atoms with Gasteiger partial charge in [0.05, 0.1) is 11.6 Å². The van der Waals surface area contributed by atoms with E-state index >= 15 is 0 Å². The molecule has 1 heterocycles. The van der Waals surface area contributed by atoms with Gasteiger partial charge in [-0.05, 0) is 37.4 Å². The van der Waals surface area contributed by atoms with Gasteiger partial charge in [-0.2, -0.15) is 0 Å². The Balaban J connectivity index is 1.78. The van der Waals surface area contributed by atoms with Gasteiger partial charge >= 0.3 is 5.95 Å². The molecule has 0 radical (unpaired) electrons. The fourth-order valence-electron chi connectivity index (χ4n) is 3.37. The Labute approximate surface area is 165 Å². The van der Waals surface area contributed by atoms with Gasteiger partial charge in [0.1, 0.15) is 29.9 Å². The molecule has 5 nitrogen and oxygen atoms in total. The highest BCUT2D eigenvalue weighted by molar-refractivity contribution is 6.32. The molecule has 2 N–H and O–H groups in total. The van der Waals surface area contributed by atoms with Crippen LogP contribution < -0.4 is 15.0 Å². The van der Waals surface area contributed by atoms with Crippen molar-refractivity contribution in [2.24, 2.45) is 0 Å². The number of benzene rings is 2. The second-order valence-corrected chi connectivity index (χ2v) is 6.86. The summed E-state index contributed by atoms with van der Waals surface area (Å²) >= 11 is 6.17. The topological polar surface area (TPSA) is 47.3 Å². The molecule has 0 atom stereocenters. The summed E-state index contributed by atoms with van der Waals surface area (Å²) in [6.45, 7) is 9.47. The van der Waals surface area contributed by atoms with Gasteiger partial charge in [-0.3, -0.25) is 5.73 Å². The van der Waals surface area contributed by atoms with Crippen LogP contribution in [-0.4, -0.2) is 35.7 Å². The molecular formula is C21H28ClN4O+. The van der Waals surface area contributed by atoms with Gasteiger partial charge in [-0.25, -0.2) is 9.13 Å². The van der Waals surface area contributed by atoms with Crippen molar-refractivity contribution >= 4 is 28.6 Å². The van der Waals surface area contributed by atoms with Gasteiger partial charge in [0, 0.05) is 6.54 Å². The molecule has 144 valence electrons. The summed E-state index contributed by atoms with van der Waals surface area (Å²) < 4.78 is 10.2. The van der Waals surface area contributed by atoms with Crippen LogP contribution in [0.3, 0.4) is 0 Å². The number of aromatic nitrogens is 2. The maximum absolute atomic E-state index is 6.52. The summed E-state index contributed by atoms with van der Waals surface area (Å²) in [6.07, 6.45) is 0. The second-order valence-electron chi connectivity index (χ2n) is 6.46. The van der Waals surface area contributed by atoms with Crippen molar-refractivity contribution in [3.63, 3.8) is 0 Å². The number of hydrogen-bond acceptors (Lipinski definition) is 3. The van der Waals surface area contributed by atoms with Crippen LogP contribution in [-0.2, 0) is 13.1 Å². The lowest BCUT2D eigenvalue weighted by molar-refractivity contribution is -0.657. The van der Waals surface area contributed by atoms with Crippen molar-refractivity contribution < 1.29 is 9.30 Å². The van der Waals surface area contributed by atoms with E-state index in [1.807, 2.05) is 30.3 Å². The Bertz CT molecular complexity index is 889. The lowest BCUT2D eigenvalue weighted by atomic mass is 10.3. The molecule has 3 aromatic rings. The van der Waals surface area contributed by atoms with E-state index in [9.17, 15) is 0 Å². The average molecular weight is 388 g/mol.